The van der Waals surface area contributed by atoms with Gasteiger partial charge in [-0.2, -0.15) is 0 Å². The van der Waals surface area contributed by atoms with Crippen LogP contribution in [0, 0.1) is 17.8 Å². The lowest BCUT2D eigenvalue weighted by molar-refractivity contribution is 0.0956. The Morgan fingerprint density at radius 3 is 2.52 bits per heavy atom. The predicted octanol–water partition coefficient (Wildman–Crippen LogP) is 6.51. The van der Waals surface area contributed by atoms with E-state index in [0.717, 1.165) is 23.2 Å². The number of thioether (sulfide) groups is 1. The first-order valence-electron chi connectivity index (χ1n) is 12.2. The molecule has 1 aliphatic heterocycles. The monoisotopic (exact) mass is 454 g/mol. The van der Waals surface area contributed by atoms with Gasteiger partial charge in [0.25, 0.3) is 5.91 Å². The molecule has 5 atom stereocenters. The number of anilines is 1. The van der Waals surface area contributed by atoms with Gasteiger partial charge in [-0.15, -0.1) is 11.8 Å². The van der Waals surface area contributed by atoms with Gasteiger partial charge in [-0.05, 0) is 84.4 Å². The Balaban J connectivity index is 1.19. The number of rotatable bonds is 6. The zero-order chi connectivity index (χ0) is 22.2. The van der Waals surface area contributed by atoms with Crippen LogP contribution in [0.25, 0.3) is 0 Å². The zero-order valence-electron chi connectivity index (χ0n) is 18.7. The summed E-state index contributed by atoms with van der Waals surface area (Å²) in [5.41, 5.74) is 4.77. The van der Waals surface area contributed by atoms with Gasteiger partial charge < -0.3 is 10.6 Å². The van der Waals surface area contributed by atoms with Gasteiger partial charge in [0.1, 0.15) is 0 Å². The molecular weight excluding hydrogens is 424 g/mol. The summed E-state index contributed by atoms with van der Waals surface area (Å²) in [6.45, 7) is 0.667. The summed E-state index contributed by atoms with van der Waals surface area (Å²) >= 11 is 1.77. The van der Waals surface area contributed by atoms with Gasteiger partial charge in [0, 0.05) is 28.4 Å². The van der Waals surface area contributed by atoms with E-state index in [4.69, 9.17) is 0 Å². The van der Waals surface area contributed by atoms with E-state index in [2.05, 4.69) is 65.2 Å². The van der Waals surface area contributed by atoms with Gasteiger partial charge in [-0.25, -0.2) is 0 Å². The number of carbonyl (C=O) groups is 1. The fourth-order valence-corrected chi connectivity index (χ4v) is 7.36. The number of carbonyl (C=O) groups excluding carboxylic acids is 1. The number of nitrogens with one attached hydrogen (secondary N) is 2. The summed E-state index contributed by atoms with van der Waals surface area (Å²) in [6.07, 6.45) is 4.03. The second-order valence-electron chi connectivity index (χ2n) is 9.69. The maximum absolute atomic E-state index is 12.9. The van der Waals surface area contributed by atoms with E-state index < -0.39 is 0 Å². The van der Waals surface area contributed by atoms with Crippen LogP contribution < -0.4 is 10.6 Å². The predicted molar refractivity (Wildman–Crippen MR) is 136 cm³/mol. The third-order valence-electron chi connectivity index (χ3n) is 7.91. The second kappa shape index (κ2) is 8.90. The highest BCUT2D eigenvalue weighted by atomic mass is 32.2. The van der Waals surface area contributed by atoms with Crippen molar-refractivity contribution in [2.45, 2.75) is 36.1 Å². The Morgan fingerprint density at radius 1 is 0.939 bits per heavy atom. The smallest absolute Gasteiger partial charge is 0.251 e. The van der Waals surface area contributed by atoms with Gasteiger partial charge >= 0.3 is 0 Å². The summed E-state index contributed by atoms with van der Waals surface area (Å²) < 4.78 is 0. The van der Waals surface area contributed by atoms with Crippen molar-refractivity contribution in [3.05, 3.63) is 95.6 Å². The minimum absolute atomic E-state index is 0.0383. The molecule has 6 rings (SSSR count). The SMILES string of the molecule is O=C(NCCSc1ccccc1)c1ccc2c(c1)[C@@H]1[C@H]3CC[C@@H](C3)[C@@H]1[C@@H](c1ccccc1)N2. The van der Waals surface area contributed by atoms with Crippen LogP contribution in [0.15, 0.2) is 83.8 Å². The highest BCUT2D eigenvalue weighted by Gasteiger charge is 2.53. The van der Waals surface area contributed by atoms with Crippen molar-refractivity contribution in [1.29, 1.82) is 0 Å². The van der Waals surface area contributed by atoms with Crippen molar-refractivity contribution in [1.82, 2.24) is 5.32 Å². The summed E-state index contributed by atoms with van der Waals surface area (Å²) in [5, 5.41) is 7.00. The molecule has 3 nitrogen and oxygen atoms in total. The molecule has 1 amide bonds. The molecule has 4 heteroatoms. The quantitative estimate of drug-likeness (QED) is 0.330. The van der Waals surface area contributed by atoms with Crippen LogP contribution in [0.5, 0.6) is 0 Å². The Bertz CT molecular complexity index is 1130. The molecule has 0 radical (unpaired) electrons. The highest BCUT2D eigenvalue weighted by molar-refractivity contribution is 7.99. The van der Waals surface area contributed by atoms with Crippen LogP contribution in [0.2, 0.25) is 0 Å². The summed E-state index contributed by atoms with van der Waals surface area (Å²) in [4.78, 5) is 14.2. The summed E-state index contributed by atoms with van der Waals surface area (Å²) in [6, 6.07) is 28.0. The molecule has 0 saturated heterocycles. The Hall–Kier alpha value is -2.72. The molecule has 1 heterocycles. The maximum atomic E-state index is 12.9. The maximum Gasteiger partial charge on any atom is 0.251 e. The molecule has 2 N–H and O–H groups in total. The van der Waals surface area contributed by atoms with Crippen LogP contribution in [-0.4, -0.2) is 18.2 Å². The molecule has 0 aromatic heterocycles. The van der Waals surface area contributed by atoms with Crippen molar-refractivity contribution in [3.8, 4) is 0 Å². The lowest BCUT2D eigenvalue weighted by atomic mass is 9.68. The van der Waals surface area contributed by atoms with Crippen molar-refractivity contribution in [2.75, 3.05) is 17.6 Å². The lowest BCUT2D eigenvalue weighted by Crippen LogP contribution is -2.35. The van der Waals surface area contributed by atoms with Crippen molar-refractivity contribution >= 4 is 23.4 Å². The highest BCUT2D eigenvalue weighted by Crippen LogP contribution is 2.63. The van der Waals surface area contributed by atoms with Gasteiger partial charge in [-0.3, -0.25) is 4.79 Å². The molecule has 0 unspecified atom stereocenters. The third kappa shape index (κ3) is 3.95. The summed E-state index contributed by atoms with van der Waals surface area (Å²) in [7, 11) is 0. The van der Waals surface area contributed by atoms with Gasteiger partial charge in [0.05, 0.1) is 6.04 Å². The van der Waals surface area contributed by atoms with E-state index in [-0.39, 0.29) is 5.91 Å². The van der Waals surface area contributed by atoms with E-state index in [0.29, 0.717) is 24.4 Å². The Kier molecular flexibility index (Phi) is 5.63. The fourth-order valence-electron chi connectivity index (χ4n) is 6.57. The Morgan fingerprint density at radius 2 is 1.70 bits per heavy atom. The Labute approximate surface area is 200 Å². The largest absolute Gasteiger partial charge is 0.378 e. The third-order valence-corrected chi connectivity index (χ3v) is 8.92. The van der Waals surface area contributed by atoms with Gasteiger partial charge in [0.2, 0.25) is 0 Å². The second-order valence-corrected chi connectivity index (χ2v) is 10.9. The minimum Gasteiger partial charge on any atom is -0.378 e. The van der Waals surface area contributed by atoms with Crippen molar-refractivity contribution < 1.29 is 4.79 Å². The number of hydrogen-bond acceptors (Lipinski definition) is 3. The van der Waals surface area contributed by atoms with E-state index in [9.17, 15) is 4.79 Å². The first kappa shape index (κ1) is 20.9. The average Bonchev–Trinajstić information content (AvgIpc) is 3.50. The normalized spacial score (nSPS) is 26.8. The summed E-state index contributed by atoms with van der Waals surface area (Å²) in [5.74, 6) is 3.64. The molecule has 2 saturated carbocycles. The average molecular weight is 455 g/mol. The molecule has 3 aromatic rings. The molecule has 0 spiro atoms. The van der Waals surface area contributed by atoms with E-state index in [1.807, 2.05) is 24.3 Å². The van der Waals surface area contributed by atoms with Crippen LogP contribution in [0.3, 0.4) is 0 Å². The topological polar surface area (TPSA) is 41.1 Å². The van der Waals surface area contributed by atoms with Gasteiger partial charge in [0.15, 0.2) is 0 Å². The number of fused-ring (bicyclic) bond motifs is 7. The van der Waals surface area contributed by atoms with Crippen LogP contribution >= 0.6 is 11.8 Å². The van der Waals surface area contributed by atoms with E-state index in [1.165, 1.54) is 41.0 Å². The molecule has 168 valence electrons. The van der Waals surface area contributed by atoms with Crippen molar-refractivity contribution in [2.24, 2.45) is 17.8 Å². The van der Waals surface area contributed by atoms with Crippen LogP contribution in [0.1, 0.15) is 52.7 Å². The molecule has 3 aromatic carbocycles. The molecule has 2 fully saturated rings. The fraction of sp³-hybridized carbons (Fsp3) is 0.345. The molecular formula is C29H30N2OS. The van der Waals surface area contributed by atoms with Crippen LogP contribution in [-0.2, 0) is 0 Å². The molecule has 33 heavy (non-hydrogen) atoms. The van der Waals surface area contributed by atoms with E-state index >= 15 is 0 Å². The number of amides is 1. The van der Waals surface area contributed by atoms with Gasteiger partial charge in [-0.1, -0.05) is 48.5 Å². The first-order valence-corrected chi connectivity index (χ1v) is 13.2. The first-order chi connectivity index (χ1) is 16.3. The van der Waals surface area contributed by atoms with E-state index in [1.54, 1.807) is 11.8 Å². The zero-order valence-corrected chi connectivity index (χ0v) is 19.6. The molecule has 2 bridgehead atoms. The lowest BCUT2D eigenvalue weighted by Gasteiger charge is -2.43. The van der Waals surface area contributed by atoms with Crippen molar-refractivity contribution in [3.63, 3.8) is 0 Å². The molecule has 2 aliphatic carbocycles. The van der Waals surface area contributed by atoms with Crippen LogP contribution in [0.4, 0.5) is 5.69 Å². The number of benzene rings is 3. The standard InChI is InChI=1S/C29H30N2OS/c32-29(30-15-16-33-23-9-5-2-6-10-23)22-13-14-25-24(18-22)26-20-11-12-21(17-20)27(26)28(31-25)19-7-3-1-4-8-19/h1-10,13-14,18,20-21,26-28,31H,11-12,15-17H2,(H,30,32)/t20-,21-,26-,27-,28+/m0/s1. The minimum atomic E-state index is 0.0383. The molecule has 3 aliphatic rings. The number of hydrogen-bond donors (Lipinski definition) is 2.